The molecule has 5 nitrogen and oxygen atoms in total. The van der Waals surface area contributed by atoms with Crippen LogP contribution < -0.4 is 5.32 Å². The lowest BCUT2D eigenvalue weighted by Crippen LogP contribution is -2.54. The quantitative estimate of drug-likeness (QED) is 0.703. The summed E-state index contributed by atoms with van der Waals surface area (Å²) in [6.07, 6.45) is 1.61. The molecule has 0 bridgehead atoms. The van der Waals surface area contributed by atoms with Crippen molar-refractivity contribution in [1.29, 1.82) is 0 Å². The molecule has 1 aliphatic rings. The van der Waals surface area contributed by atoms with Gasteiger partial charge in [-0.25, -0.2) is 0 Å². The van der Waals surface area contributed by atoms with Crippen LogP contribution in [0.25, 0.3) is 0 Å². The minimum Gasteiger partial charge on any atom is -0.480 e. The second kappa shape index (κ2) is 7.96. The van der Waals surface area contributed by atoms with E-state index in [0.29, 0.717) is 12.5 Å². The maximum Gasteiger partial charge on any atom is 0.323 e. The Morgan fingerprint density at radius 3 is 2.35 bits per heavy atom. The molecule has 0 aromatic heterocycles. The standard InChI is InChI=1S/C15H31N3O2/c1-5-7-16-15(4,14(19)20)6-8-17-9-11-18(12-10-17)13(2)3/h13,16H,5-12H2,1-4H3,(H,19,20). The van der Waals surface area contributed by atoms with E-state index in [0.717, 1.165) is 45.7 Å². The zero-order valence-electron chi connectivity index (χ0n) is 13.5. The number of hydrogen-bond acceptors (Lipinski definition) is 4. The molecule has 0 spiro atoms. The molecule has 1 rings (SSSR count). The summed E-state index contributed by atoms with van der Waals surface area (Å²) in [4.78, 5) is 16.3. The van der Waals surface area contributed by atoms with E-state index in [1.807, 2.05) is 0 Å². The molecular weight excluding hydrogens is 254 g/mol. The summed E-state index contributed by atoms with van der Waals surface area (Å²) in [5.74, 6) is -0.744. The predicted molar refractivity (Wildman–Crippen MR) is 82.1 cm³/mol. The predicted octanol–water partition coefficient (Wildman–Crippen LogP) is 1.25. The molecule has 0 aliphatic carbocycles. The van der Waals surface area contributed by atoms with E-state index in [1.165, 1.54) is 0 Å². The highest BCUT2D eigenvalue weighted by molar-refractivity contribution is 5.78. The SMILES string of the molecule is CCCNC(C)(CCN1CCN(C(C)C)CC1)C(=O)O. The van der Waals surface area contributed by atoms with Crippen LogP contribution in [0.2, 0.25) is 0 Å². The maximum atomic E-state index is 11.5. The monoisotopic (exact) mass is 285 g/mol. The van der Waals surface area contributed by atoms with Crippen LogP contribution >= 0.6 is 0 Å². The first-order valence-electron chi connectivity index (χ1n) is 7.84. The van der Waals surface area contributed by atoms with Gasteiger partial charge in [-0.05, 0) is 40.2 Å². The van der Waals surface area contributed by atoms with Crippen molar-refractivity contribution >= 4 is 5.97 Å². The van der Waals surface area contributed by atoms with Gasteiger partial charge in [0.1, 0.15) is 5.54 Å². The molecule has 0 amide bonds. The van der Waals surface area contributed by atoms with Gasteiger partial charge in [0.15, 0.2) is 0 Å². The highest BCUT2D eigenvalue weighted by Gasteiger charge is 2.32. The van der Waals surface area contributed by atoms with Crippen molar-refractivity contribution in [2.24, 2.45) is 0 Å². The normalized spacial score (nSPS) is 21.1. The van der Waals surface area contributed by atoms with E-state index < -0.39 is 11.5 Å². The van der Waals surface area contributed by atoms with Crippen molar-refractivity contribution in [3.63, 3.8) is 0 Å². The summed E-state index contributed by atoms with van der Waals surface area (Å²) >= 11 is 0. The van der Waals surface area contributed by atoms with Gasteiger partial charge in [-0.2, -0.15) is 0 Å². The zero-order chi connectivity index (χ0) is 15.2. The number of aliphatic carboxylic acids is 1. The molecule has 0 saturated carbocycles. The number of carbonyl (C=O) groups is 1. The lowest BCUT2D eigenvalue weighted by Gasteiger charge is -2.38. The van der Waals surface area contributed by atoms with E-state index in [4.69, 9.17) is 0 Å². The Bertz CT molecular complexity index is 301. The molecule has 0 aromatic rings. The fraction of sp³-hybridized carbons (Fsp3) is 0.933. The Balaban J connectivity index is 2.39. The summed E-state index contributed by atoms with van der Waals surface area (Å²) in [5, 5.41) is 12.6. The summed E-state index contributed by atoms with van der Waals surface area (Å²) in [5.41, 5.74) is -0.800. The van der Waals surface area contributed by atoms with Crippen LogP contribution in [0.3, 0.4) is 0 Å². The molecule has 1 aliphatic heterocycles. The van der Waals surface area contributed by atoms with Gasteiger partial charge in [0.2, 0.25) is 0 Å². The molecule has 0 radical (unpaired) electrons. The number of nitrogens with one attached hydrogen (secondary N) is 1. The van der Waals surface area contributed by atoms with Crippen LogP contribution in [0.15, 0.2) is 0 Å². The molecule has 1 heterocycles. The second-order valence-corrected chi connectivity index (χ2v) is 6.29. The number of nitrogens with zero attached hydrogens (tertiary/aromatic N) is 2. The summed E-state index contributed by atoms with van der Waals surface area (Å²) in [7, 11) is 0. The van der Waals surface area contributed by atoms with Crippen molar-refractivity contribution in [2.75, 3.05) is 39.3 Å². The van der Waals surface area contributed by atoms with Gasteiger partial charge in [0.05, 0.1) is 0 Å². The number of carboxylic acid groups (broad SMARTS) is 1. The molecule has 5 heteroatoms. The Labute approximate surface area is 123 Å². The fourth-order valence-electron chi connectivity index (χ4n) is 2.56. The molecule has 0 aromatic carbocycles. The molecule has 2 N–H and O–H groups in total. The Kier molecular flexibility index (Phi) is 6.92. The molecule has 1 unspecified atom stereocenters. The first-order chi connectivity index (χ1) is 9.39. The van der Waals surface area contributed by atoms with Gasteiger partial charge >= 0.3 is 5.97 Å². The van der Waals surface area contributed by atoms with Gasteiger partial charge in [-0.1, -0.05) is 6.92 Å². The van der Waals surface area contributed by atoms with Crippen molar-refractivity contribution < 1.29 is 9.90 Å². The third kappa shape index (κ3) is 5.04. The van der Waals surface area contributed by atoms with E-state index in [1.54, 1.807) is 6.92 Å². The van der Waals surface area contributed by atoms with Crippen LogP contribution in [0.5, 0.6) is 0 Å². The van der Waals surface area contributed by atoms with E-state index in [9.17, 15) is 9.90 Å². The van der Waals surface area contributed by atoms with Crippen molar-refractivity contribution in [3.8, 4) is 0 Å². The smallest absolute Gasteiger partial charge is 0.323 e. The van der Waals surface area contributed by atoms with Gasteiger partial charge < -0.3 is 15.3 Å². The lowest BCUT2D eigenvalue weighted by atomic mass is 9.97. The van der Waals surface area contributed by atoms with Crippen LogP contribution in [0.1, 0.15) is 40.5 Å². The minimum atomic E-state index is -0.800. The van der Waals surface area contributed by atoms with Crippen molar-refractivity contribution in [3.05, 3.63) is 0 Å². The molecule has 20 heavy (non-hydrogen) atoms. The van der Waals surface area contributed by atoms with Gasteiger partial charge in [-0.3, -0.25) is 9.69 Å². The Morgan fingerprint density at radius 2 is 1.90 bits per heavy atom. The maximum absolute atomic E-state index is 11.5. The van der Waals surface area contributed by atoms with Gasteiger partial charge in [-0.15, -0.1) is 0 Å². The molecular formula is C15H31N3O2. The highest BCUT2D eigenvalue weighted by Crippen LogP contribution is 2.13. The average molecular weight is 285 g/mol. The summed E-state index contributed by atoms with van der Waals surface area (Å²) < 4.78 is 0. The zero-order valence-corrected chi connectivity index (χ0v) is 13.5. The molecule has 1 atom stereocenters. The first kappa shape index (κ1) is 17.4. The van der Waals surface area contributed by atoms with Crippen molar-refractivity contribution in [1.82, 2.24) is 15.1 Å². The molecule has 1 fully saturated rings. The van der Waals surface area contributed by atoms with Crippen LogP contribution in [-0.4, -0.2) is 71.7 Å². The van der Waals surface area contributed by atoms with Gasteiger partial charge in [0, 0.05) is 38.8 Å². The first-order valence-corrected chi connectivity index (χ1v) is 7.84. The number of hydrogen-bond donors (Lipinski definition) is 2. The lowest BCUT2D eigenvalue weighted by molar-refractivity contribution is -0.144. The summed E-state index contributed by atoms with van der Waals surface area (Å²) in [6, 6.07) is 0.604. The van der Waals surface area contributed by atoms with E-state index in [-0.39, 0.29) is 0 Å². The van der Waals surface area contributed by atoms with E-state index >= 15 is 0 Å². The van der Waals surface area contributed by atoms with Crippen molar-refractivity contribution in [2.45, 2.75) is 52.1 Å². The topological polar surface area (TPSA) is 55.8 Å². The van der Waals surface area contributed by atoms with Crippen LogP contribution in [0.4, 0.5) is 0 Å². The van der Waals surface area contributed by atoms with Crippen LogP contribution in [0, 0.1) is 0 Å². The number of carboxylic acids is 1. The third-order valence-corrected chi connectivity index (χ3v) is 4.30. The highest BCUT2D eigenvalue weighted by atomic mass is 16.4. The summed E-state index contributed by atoms with van der Waals surface area (Å²) in [6.45, 7) is 14.2. The second-order valence-electron chi connectivity index (χ2n) is 6.29. The van der Waals surface area contributed by atoms with E-state index in [2.05, 4.69) is 35.9 Å². The minimum absolute atomic E-state index is 0.604. The number of rotatable bonds is 8. The van der Waals surface area contributed by atoms with Crippen LogP contribution in [-0.2, 0) is 4.79 Å². The fourth-order valence-corrected chi connectivity index (χ4v) is 2.56. The number of piperazine rings is 1. The largest absolute Gasteiger partial charge is 0.480 e. The molecule has 1 saturated heterocycles. The Hall–Kier alpha value is -0.650. The molecule has 118 valence electrons. The van der Waals surface area contributed by atoms with Gasteiger partial charge in [0.25, 0.3) is 0 Å². The Morgan fingerprint density at radius 1 is 1.30 bits per heavy atom. The average Bonchev–Trinajstić information content (AvgIpc) is 2.43. The third-order valence-electron chi connectivity index (χ3n) is 4.30.